The molecule has 1 amide bonds. The molecule has 0 spiro atoms. The first-order valence-electron chi connectivity index (χ1n) is 5.85. The Kier molecular flexibility index (Phi) is 4.67. The highest BCUT2D eigenvalue weighted by molar-refractivity contribution is 5.96. The van der Waals surface area contributed by atoms with Crippen LogP contribution in [-0.2, 0) is 0 Å². The molecule has 3 N–H and O–H groups in total. The third kappa shape index (κ3) is 4.00. The summed E-state index contributed by atoms with van der Waals surface area (Å²) in [7, 11) is 0. The Labute approximate surface area is 105 Å². The van der Waals surface area contributed by atoms with Crippen molar-refractivity contribution in [2.75, 3.05) is 6.54 Å². The van der Waals surface area contributed by atoms with E-state index in [0.29, 0.717) is 6.42 Å². The number of benzene rings is 1. The van der Waals surface area contributed by atoms with Crippen LogP contribution in [0.15, 0.2) is 18.2 Å². The van der Waals surface area contributed by atoms with Crippen LogP contribution in [0.25, 0.3) is 0 Å². The second kappa shape index (κ2) is 5.82. The van der Waals surface area contributed by atoms with E-state index in [4.69, 9.17) is 0 Å². The van der Waals surface area contributed by atoms with E-state index in [1.165, 1.54) is 0 Å². The number of rotatable bonds is 5. The first-order chi connectivity index (χ1) is 8.35. The van der Waals surface area contributed by atoms with Gasteiger partial charge < -0.3 is 15.5 Å². The fraction of sp³-hybridized carbons (Fsp3) is 0.462. The standard InChI is InChI=1S/C13H18FNO3/c1-3-6-13(2,18)8-15-12(17)10-7-9(14)4-5-11(10)16/h4-5,7,16,18H,3,6,8H2,1-2H3,(H,15,17). The topological polar surface area (TPSA) is 69.6 Å². The van der Waals surface area contributed by atoms with Crippen molar-refractivity contribution >= 4 is 5.91 Å². The molecule has 0 aliphatic heterocycles. The maximum atomic E-state index is 13.0. The van der Waals surface area contributed by atoms with Gasteiger partial charge in [-0.2, -0.15) is 0 Å². The van der Waals surface area contributed by atoms with E-state index in [1.807, 2.05) is 6.92 Å². The number of hydrogen-bond acceptors (Lipinski definition) is 3. The van der Waals surface area contributed by atoms with Crippen molar-refractivity contribution in [3.05, 3.63) is 29.6 Å². The van der Waals surface area contributed by atoms with Gasteiger partial charge in [0, 0.05) is 6.54 Å². The van der Waals surface area contributed by atoms with Gasteiger partial charge in [-0.3, -0.25) is 4.79 Å². The maximum Gasteiger partial charge on any atom is 0.255 e. The number of nitrogens with one attached hydrogen (secondary N) is 1. The molecule has 0 radical (unpaired) electrons. The van der Waals surface area contributed by atoms with E-state index < -0.39 is 17.3 Å². The molecule has 1 unspecified atom stereocenters. The molecular formula is C13H18FNO3. The van der Waals surface area contributed by atoms with E-state index in [-0.39, 0.29) is 17.9 Å². The van der Waals surface area contributed by atoms with Gasteiger partial charge in [0.25, 0.3) is 5.91 Å². The smallest absolute Gasteiger partial charge is 0.255 e. The van der Waals surface area contributed by atoms with Gasteiger partial charge in [0.1, 0.15) is 11.6 Å². The first kappa shape index (κ1) is 14.4. The van der Waals surface area contributed by atoms with E-state index in [2.05, 4.69) is 5.32 Å². The summed E-state index contributed by atoms with van der Waals surface area (Å²) in [6, 6.07) is 3.15. The third-order valence-corrected chi connectivity index (χ3v) is 2.62. The minimum absolute atomic E-state index is 0.0512. The van der Waals surface area contributed by atoms with Crippen LogP contribution in [-0.4, -0.2) is 28.3 Å². The fourth-order valence-corrected chi connectivity index (χ4v) is 1.68. The quantitative estimate of drug-likeness (QED) is 0.751. The highest BCUT2D eigenvalue weighted by atomic mass is 19.1. The zero-order valence-electron chi connectivity index (χ0n) is 10.5. The zero-order chi connectivity index (χ0) is 13.8. The molecule has 18 heavy (non-hydrogen) atoms. The predicted molar refractivity (Wildman–Crippen MR) is 65.9 cm³/mol. The van der Waals surface area contributed by atoms with Gasteiger partial charge in [-0.05, 0) is 31.5 Å². The number of aromatic hydroxyl groups is 1. The minimum atomic E-state index is -1.01. The number of phenolic OH excluding ortho intramolecular Hbond substituents is 1. The first-order valence-corrected chi connectivity index (χ1v) is 5.85. The summed E-state index contributed by atoms with van der Waals surface area (Å²) in [6.45, 7) is 3.59. The van der Waals surface area contributed by atoms with Gasteiger partial charge in [0.2, 0.25) is 0 Å². The SMILES string of the molecule is CCCC(C)(O)CNC(=O)c1cc(F)ccc1O. The van der Waals surface area contributed by atoms with Crippen molar-refractivity contribution in [1.29, 1.82) is 0 Å². The lowest BCUT2D eigenvalue weighted by molar-refractivity contribution is 0.0469. The average molecular weight is 255 g/mol. The van der Waals surface area contributed by atoms with E-state index in [0.717, 1.165) is 24.6 Å². The number of carbonyl (C=O) groups excluding carboxylic acids is 1. The molecule has 0 aliphatic rings. The number of amides is 1. The third-order valence-electron chi connectivity index (χ3n) is 2.62. The van der Waals surface area contributed by atoms with Gasteiger partial charge in [-0.15, -0.1) is 0 Å². The highest BCUT2D eigenvalue weighted by Crippen LogP contribution is 2.18. The summed E-state index contributed by atoms with van der Waals surface area (Å²) in [5.41, 5.74) is -1.14. The molecule has 5 heteroatoms. The van der Waals surface area contributed by atoms with Crippen LogP contribution in [0.3, 0.4) is 0 Å². The summed E-state index contributed by atoms with van der Waals surface area (Å²) < 4.78 is 13.0. The summed E-state index contributed by atoms with van der Waals surface area (Å²) in [5.74, 6) is -1.49. The number of carbonyl (C=O) groups is 1. The molecule has 0 aromatic heterocycles. The number of phenols is 1. The van der Waals surface area contributed by atoms with Crippen LogP contribution in [0.2, 0.25) is 0 Å². The molecule has 1 rings (SSSR count). The van der Waals surface area contributed by atoms with Crippen LogP contribution in [0.1, 0.15) is 37.0 Å². The molecule has 0 aliphatic carbocycles. The second-order valence-electron chi connectivity index (χ2n) is 4.59. The van der Waals surface area contributed by atoms with Gasteiger partial charge in [-0.1, -0.05) is 13.3 Å². The Morgan fingerprint density at radius 3 is 2.78 bits per heavy atom. The van der Waals surface area contributed by atoms with Crippen LogP contribution < -0.4 is 5.32 Å². The van der Waals surface area contributed by atoms with Crippen LogP contribution in [0.4, 0.5) is 4.39 Å². The molecule has 4 nitrogen and oxygen atoms in total. The lowest BCUT2D eigenvalue weighted by atomic mass is 10.0. The molecule has 0 fully saturated rings. The Hall–Kier alpha value is -1.62. The molecular weight excluding hydrogens is 237 g/mol. The van der Waals surface area contributed by atoms with Gasteiger partial charge >= 0.3 is 0 Å². The van der Waals surface area contributed by atoms with Crippen molar-refractivity contribution < 1.29 is 19.4 Å². The number of aliphatic hydroxyl groups is 1. The van der Waals surface area contributed by atoms with Crippen molar-refractivity contribution in [1.82, 2.24) is 5.32 Å². The van der Waals surface area contributed by atoms with Crippen molar-refractivity contribution in [2.24, 2.45) is 0 Å². The van der Waals surface area contributed by atoms with Crippen molar-refractivity contribution in [2.45, 2.75) is 32.3 Å². The van der Waals surface area contributed by atoms with Gasteiger partial charge in [-0.25, -0.2) is 4.39 Å². The number of hydrogen-bond donors (Lipinski definition) is 3. The Balaban J connectivity index is 2.69. The molecule has 0 saturated heterocycles. The fourth-order valence-electron chi connectivity index (χ4n) is 1.68. The zero-order valence-corrected chi connectivity index (χ0v) is 10.5. The van der Waals surface area contributed by atoms with Crippen molar-refractivity contribution in [3.63, 3.8) is 0 Å². The lowest BCUT2D eigenvalue weighted by Crippen LogP contribution is -2.40. The largest absolute Gasteiger partial charge is 0.507 e. The van der Waals surface area contributed by atoms with E-state index in [1.54, 1.807) is 6.92 Å². The average Bonchev–Trinajstić information content (AvgIpc) is 2.29. The highest BCUT2D eigenvalue weighted by Gasteiger charge is 2.21. The lowest BCUT2D eigenvalue weighted by Gasteiger charge is -2.23. The Morgan fingerprint density at radius 1 is 1.50 bits per heavy atom. The normalized spacial score (nSPS) is 14.0. The van der Waals surface area contributed by atoms with E-state index in [9.17, 15) is 19.4 Å². The summed E-state index contributed by atoms with van der Waals surface area (Å²) in [6.07, 6.45) is 1.33. The second-order valence-corrected chi connectivity index (χ2v) is 4.59. The molecule has 1 aromatic carbocycles. The predicted octanol–water partition coefficient (Wildman–Crippen LogP) is 1.81. The molecule has 0 bridgehead atoms. The van der Waals surface area contributed by atoms with E-state index >= 15 is 0 Å². The Morgan fingerprint density at radius 2 is 2.17 bits per heavy atom. The summed E-state index contributed by atoms with van der Waals surface area (Å²) in [5, 5.41) is 21.8. The monoisotopic (exact) mass is 255 g/mol. The Bertz CT molecular complexity index is 432. The maximum absolute atomic E-state index is 13.0. The molecule has 100 valence electrons. The van der Waals surface area contributed by atoms with Crippen LogP contribution in [0, 0.1) is 5.82 Å². The molecule has 0 saturated carbocycles. The van der Waals surface area contributed by atoms with Crippen molar-refractivity contribution in [3.8, 4) is 5.75 Å². The minimum Gasteiger partial charge on any atom is -0.507 e. The molecule has 1 aromatic rings. The van der Waals surface area contributed by atoms with Crippen LogP contribution in [0.5, 0.6) is 5.75 Å². The van der Waals surface area contributed by atoms with Crippen LogP contribution >= 0.6 is 0 Å². The molecule has 1 atom stereocenters. The van der Waals surface area contributed by atoms with Gasteiger partial charge in [0.05, 0.1) is 11.2 Å². The number of halogens is 1. The molecule has 0 heterocycles. The summed E-state index contributed by atoms with van der Waals surface area (Å²) in [4.78, 5) is 11.7. The van der Waals surface area contributed by atoms with Gasteiger partial charge in [0.15, 0.2) is 0 Å². The summed E-state index contributed by atoms with van der Waals surface area (Å²) >= 11 is 0.